The quantitative estimate of drug-likeness (QED) is 0.746. The summed E-state index contributed by atoms with van der Waals surface area (Å²) in [5, 5.41) is 3.84. The Morgan fingerprint density at radius 2 is 2.17 bits per heavy atom. The second-order valence-corrected chi connectivity index (χ2v) is 3.09. The maximum atomic E-state index is 5.57. The molecule has 12 heavy (non-hydrogen) atoms. The zero-order chi connectivity index (χ0) is 9.14. The summed E-state index contributed by atoms with van der Waals surface area (Å²) in [5.74, 6) is 1.62. The lowest BCUT2D eigenvalue weighted by Gasteiger charge is -1.99. The predicted molar refractivity (Wildman–Crippen MR) is 45.6 cm³/mol. The van der Waals surface area contributed by atoms with Crippen LogP contribution < -0.4 is 5.73 Å². The van der Waals surface area contributed by atoms with Gasteiger partial charge in [-0.1, -0.05) is 19.0 Å². The van der Waals surface area contributed by atoms with E-state index >= 15 is 0 Å². The molecule has 1 aromatic rings. The van der Waals surface area contributed by atoms with Crippen LogP contribution in [-0.4, -0.2) is 10.1 Å². The monoisotopic (exact) mass is 169 g/mol. The molecule has 0 bridgehead atoms. The van der Waals surface area contributed by atoms with Gasteiger partial charge in [0, 0.05) is 5.92 Å². The van der Waals surface area contributed by atoms with Crippen LogP contribution in [0.4, 0.5) is 0 Å². The van der Waals surface area contributed by atoms with Gasteiger partial charge in [0.15, 0.2) is 5.82 Å². The summed E-state index contributed by atoms with van der Waals surface area (Å²) in [6.07, 6.45) is 1.01. The molecule has 0 spiro atoms. The Hall–Kier alpha value is -0.900. The third-order valence-electron chi connectivity index (χ3n) is 1.90. The highest BCUT2D eigenvalue weighted by Crippen LogP contribution is 2.16. The number of rotatable bonds is 3. The molecule has 0 saturated heterocycles. The van der Waals surface area contributed by atoms with Crippen molar-refractivity contribution in [3.63, 3.8) is 0 Å². The van der Waals surface area contributed by atoms with Gasteiger partial charge in [0.1, 0.15) is 0 Å². The number of nitrogens with two attached hydrogens (primary N) is 1. The summed E-state index contributed by atoms with van der Waals surface area (Å²) < 4.78 is 4.96. The Morgan fingerprint density at radius 3 is 2.58 bits per heavy atom. The van der Waals surface area contributed by atoms with Crippen LogP contribution in [0.25, 0.3) is 0 Å². The van der Waals surface area contributed by atoms with Crippen LogP contribution in [-0.2, 0) is 0 Å². The van der Waals surface area contributed by atoms with Crippen molar-refractivity contribution < 1.29 is 4.52 Å². The SMILES string of the molecule is CCC(C)c1noc([C@@H](C)N)n1. The van der Waals surface area contributed by atoms with Gasteiger partial charge in [0.05, 0.1) is 6.04 Å². The smallest absolute Gasteiger partial charge is 0.243 e. The van der Waals surface area contributed by atoms with E-state index < -0.39 is 0 Å². The Bertz CT molecular complexity index is 244. The molecular weight excluding hydrogens is 154 g/mol. The molecule has 1 heterocycles. The van der Waals surface area contributed by atoms with Gasteiger partial charge in [-0.05, 0) is 13.3 Å². The molecule has 1 unspecified atom stereocenters. The molecule has 0 radical (unpaired) electrons. The molecule has 0 aliphatic rings. The van der Waals surface area contributed by atoms with Crippen molar-refractivity contribution in [3.8, 4) is 0 Å². The molecule has 1 aromatic heterocycles. The van der Waals surface area contributed by atoms with Crippen molar-refractivity contribution in [3.05, 3.63) is 11.7 Å². The average Bonchev–Trinajstić information content (AvgIpc) is 2.51. The van der Waals surface area contributed by atoms with E-state index in [0.29, 0.717) is 11.8 Å². The number of hydrogen-bond acceptors (Lipinski definition) is 4. The lowest BCUT2D eigenvalue weighted by molar-refractivity contribution is 0.355. The standard InChI is InChI=1S/C8H15N3O/c1-4-5(2)7-10-8(6(3)9)12-11-7/h5-6H,4,9H2,1-3H3/t5?,6-/m1/s1. The third kappa shape index (κ3) is 1.82. The minimum Gasteiger partial charge on any atom is -0.338 e. The molecule has 2 N–H and O–H groups in total. The first-order chi connectivity index (χ1) is 5.65. The Morgan fingerprint density at radius 1 is 1.50 bits per heavy atom. The van der Waals surface area contributed by atoms with E-state index in [2.05, 4.69) is 24.0 Å². The van der Waals surface area contributed by atoms with Gasteiger partial charge in [-0.25, -0.2) is 0 Å². The fourth-order valence-electron chi connectivity index (χ4n) is 0.815. The highest BCUT2D eigenvalue weighted by Gasteiger charge is 2.13. The summed E-state index contributed by atoms with van der Waals surface area (Å²) in [6.45, 7) is 5.98. The van der Waals surface area contributed by atoms with Gasteiger partial charge in [0.25, 0.3) is 0 Å². The van der Waals surface area contributed by atoms with E-state index in [1.807, 2.05) is 6.92 Å². The van der Waals surface area contributed by atoms with E-state index in [1.54, 1.807) is 0 Å². The van der Waals surface area contributed by atoms with Gasteiger partial charge in [-0.15, -0.1) is 0 Å². The highest BCUT2D eigenvalue weighted by molar-refractivity contribution is 4.95. The molecule has 0 aliphatic carbocycles. The number of hydrogen-bond donors (Lipinski definition) is 1. The lowest BCUT2D eigenvalue weighted by Crippen LogP contribution is -2.05. The van der Waals surface area contributed by atoms with Crippen LogP contribution in [0.15, 0.2) is 4.52 Å². The minimum absolute atomic E-state index is 0.171. The summed E-state index contributed by atoms with van der Waals surface area (Å²) in [7, 11) is 0. The van der Waals surface area contributed by atoms with Gasteiger partial charge < -0.3 is 10.3 Å². The van der Waals surface area contributed by atoms with Crippen LogP contribution in [0.3, 0.4) is 0 Å². The first-order valence-corrected chi connectivity index (χ1v) is 4.24. The third-order valence-corrected chi connectivity index (χ3v) is 1.90. The fraction of sp³-hybridized carbons (Fsp3) is 0.750. The normalized spacial score (nSPS) is 16.0. The molecule has 68 valence electrons. The maximum Gasteiger partial charge on any atom is 0.243 e. The van der Waals surface area contributed by atoms with Crippen LogP contribution in [0.2, 0.25) is 0 Å². The van der Waals surface area contributed by atoms with Crippen LogP contribution in [0, 0.1) is 0 Å². The largest absolute Gasteiger partial charge is 0.338 e. The van der Waals surface area contributed by atoms with Crippen molar-refractivity contribution in [1.82, 2.24) is 10.1 Å². The Labute approximate surface area is 72.1 Å². The second-order valence-electron chi connectivity index (χ2n) is 3.09. The number of aromatic nitrogens is 2. The van der Waals surface area contributed by atoms with E-state index in [0.717, 1.165) is 12.2 Å². The second kappa shape index (κ2) is 3.67. The van der Waals surface area contributed by atoms with Gasteiger partial charge >= 0.3 is 0 Å². The zero-order valence-electron chi connectivity index (χ0n) is 7.74. The van der Waals surface area contributed by atoms with Crippen molar-refractivity contribution in [2.45, 2.75) is 39.2 Å². The Kier molecular flexibility index (Phi) is 2.81. The number of nitrogens with zero attached hydrogens (tertiary/aromatic N) is 2. The molecule has 0 aliphatic heterocycles. The van der Waals surface area contributed by atoms with E-state index in [-0.39, 0.29) is 6.04 Å². The first-order valence-electron chi connectivity index (χ1n) is 4.24. The molecule has 0 saturated carbocycles. The lowest BCUT2D eigenvalue weighted by atomic mass is 10.1. The summed E-state index contributed by atoms with van der Waals surface area (Å²) in [4.78, 5) is 4.18. The van der Waals surface area contributed by atoms with Crippen molar-refractivity contribution in [1.29, 1.82) is 0 Å². The van der Waals surface area contributed by atoms with Gasteiger partial charge in [-0.3, -0.25) is 0 Å². The van der Waals surface area contributed by atoms with Crippen molar-refractivity contribution in [2.24, 2.45) is 5.73 Å². The Balaban J connectivity index is 2.77. The molecule has 1 rings (SSSR count). The molecule has 0 fully saturated rings. The summed E-state index contributed by atoms with van der Waals surface area (Å²) >= 11 is 0. The van der Waals surface area contributed by atoms with E-state index in [9.17, 15) is 0 Å². The summed E-state index contributed by atoms with van der Waals surface area (Å²) in [5.41, 5.74) is 5.57. The minimum atomic E-state index is -0.171. The highest BCUT2D eigenvalue weighted by atomic mass is 16.5. The predicted octanol–water partition coefficient (Wildman–Crippen LogP) is 1.60. The van der Waals surface area contributed by atoms with Crippen molar-refractivity contribution in [2.75, 3.05) is 0 Å². The van der Waals surface area contributed by atoms with Gasteiger partial charge in [-0.2, -0.15) is 4.98 Å². The molecular formula is C8H15N3O. The molecule has 4 nitrogen and oxygen atoms in total. The zero-order valence-corrected chi connectivity index (χ0v) is 7.74. The summed E-state index contributed by atoms with van der Waals surface area (Å²) in [6, 6.07) is -0.171. The topological polar surface area (TPSA) is 64.9 Å². The maximum absolute atomic E-state index is 5.57. The first kappa shape index (κ1) is 9.19. The molecule has 4 heteroatoms. The molecule has 2 atom stereocenters. The molecule has 0 amide bonds. The van der Waals surface area contributed by atoms with Gasteiger partial charge in [0.2, 0.25) is 5.89 Å². The van der Waals surface area contributed by atoms with Crippen LogP contribution in [0.1, 0.15) is 50.9 Å². The van der Waals surface area contributed by atoms with E-state index in [4.69, 9.17) is 10.3 Å². The van der Waals surface area contributed by atoms with Crippen LogP contribution >= 0.6 is 0 Å². The molecule has 0 aromatic carbocycles. The van der Waals surface area contributed by atoms with Crippen molar-refractivity contribution >= 4 is 0 Å². The van der Waals surface area contributed by atoms with E-state index in [1.165, 1.54) is 0 Å². The average molecular weight is 169 g/mol. The van der Waals surface area contributed by atoms with Crippen LogP contribution in [0.5, 0.6) is 0 Å². The fourth-order valence-corrected chi connectivity index (χ4v) is 0.815.